The van der Waals surface area contributed by atoms with Crippen molar-refractivity contribution in [3.8, 4) is 5.75 Å². The summed E-state index contributed by atoms with van der Waals surface area (Å²) in [7, 11) is -1.61. The zero-order chi connectivity index (χ0) is 16.1. The number of nitrogens with one attached hydrogen (secondary N) is 1. The molecular weight excluding hydrogens is 321 g/mol. The molecule has 0 aliphatic carbocycles. The van der Waals surface area contributed by atoms with Gasteiger partial charge in [-0.25, -0.2) is 0 Å². The molecule has 0 aliphatic heterocycles. The number of ether oxygens (including phenoxy) is 1. The highest BCUT2D eigenvalue weighted by Gasteiger charge is 2.17. The first-order chi connectivity index (χ1) is 10.5. The summed E-state index contributed by atoms with van der Waals surface area (Å²) in [5.41, 5.74) is 2.09. The maximum Gasteiger partial charge on any atom is 0.489 e. The second-order valence-electron chi connectivity index (χ2n) is 4.75. The molecule has 2 aromatic rings. The van der Waals surface area contributed by atoms with Crippen LogP contribution < -0.4 is 15.5 Å². The molecule has 2 aromatic carbocycles. The van der Waals surface area contributed by atoms with E-state index in [0.717, 1.165) is 5.56 Å². The Morgan fingerprint density at radius 1 is 1.23 bits per heavy atom. The number of hydrogen-bond donors (Lipinski definition) is 3. The maximum absolute atomic E-state index is 9.22. The Morgan fingerprint density at radius 3 is 2.55 bits per heavy atom. The van der Waals surface area contributed by atoms with Crippen molar-refractivity contribution >= 4 is 41.6 Å². The molecule has 0 aromatic heterocycles. The first-order valence-electron chi connectivity index (χ1n) is 6.63. The third-order valence-corrected chi connectivity index (χ3v) is 3.73. The molecule has 0 saturated heterocycles. The lowest BCUT2D eigenvalue weighted by Gasteiger charge is -2.12. The van der Waals surface area contributed by atoms with E-state index in [2.05, 4.69) is 5.32 Å². The Morgan fingerprint density at radius 2 is 1.91 bits per heavy atom. The zero-order valence-corrected chi connectivity index (χ0v) is 13.5. The second kappa shape index (κ2) is 7.60. The molecule has 7 heteroatoms. The van der Waals surface area contributed by atoms with E-state index >= 15 is 0 Å². The van der Waals surface area contributed by atoms with E-state index in [1.165, 1.54) is 0 Å². The molecule has 0 spiro atoms. The number of benzene rings is 2. The highest BCUT2D eigenvalue weighted by atomic mass is 35.5. The van der Waals surface area contributed by atoms with Crippen LogP contribution in [-0.4, -0.2) is 22.3 Å². The van der Waals surface area contributed by atoms with Gasteiger partial charge in [0.15, 0.2) is 0 Å². The van der Waals surface area contributed by atoms with Crippen LogP contribution in [0.3, 0.4) is 0 Å². The van der Waals surface area contributed by atoms with Crippen molar-refractivity contribution < 1.29 is 14.8 Å². The van der Waals surface area contributed by atoms with Crippen LogP contribution in [0, 0.1) is 6.92 Å². The number of thiocarbonyl (C=S) groups is 1. The molecule has 22 heavy (non-hydrogen) atoms. The summed E-state index contributed by atoms with van der Waals surface area (Å²) < 4.78 is 5.49. The van der Waals surface area contributed by atoms with Crippen molar-refractivity contribution in [2.45, 2.75) is 13.5 Å². The van der Waals surface area contributed by atoms with E-state index in [9.17, 15) is 10.0 Å². The largest absolute Gasteiger partial charge is 0.489 e. The Labute approximate surface area is 139 Å². The van der Waals surface area contributed by atoms with Gasteiger partial charge in [0, 0.05) is 17.0 Å². The SMILES string of the molecule is Cc1ccc(OC(=S)NCc2cccc(B(O)O)c2Cl)cc1. The average Bonchev–Trinajstić information content (AvgIpc) is 2.48. The van der Waals surface area contributed by atoms with E-state index in [0.29, 0.717) is 22.9 Å². The van der Waals surface area contributed by atoms with Gasteiger partial charge in [-0.3, -0.25) is 0 Å². The molecule has 3 N–H and O–H groups in total. The van der Waals surface area contributed by atoms with Gasteiger partial charge in [-0.05, 0) is 36.8 Å². The molecule has 0 aliphatic rings. The molecule has 114 valence electrons. The minimum Gasteiger partial charge on any atom is -0.432 e. The van der Waals surface area contributed by atoms with Crippen LogP contribution in [0.4, 0.5) is 0 Å². The monoisotopic (exact) mass is 335 g/mol. The van der Waals surface area contributed by atoms with Crippen LogP contribution in [-0.2, 0) is 6.54 Å². The van der Waals surface area contributed by atoms with Crippen molar-refractivity contribution in [1.29, 1.82) is 0 Å². The van der Waals surface area contributed by atoms with Crippen LogP contribution in [0.25, 0.3) is 0 Å². The predicted octanol–water partition coefficient (Wildman–Crippen LogP) is 1.78. The van der Waals surface area contributed by atoms with Gasteiger partial charge in [-0.2, -0.15) is 0 Å². The lowest BCUT2D eigenvalue weighted by atomic mass is 9.79. The van der Waals surface area contributed by atoms with E-state index in [1.807, 2.05) is 31.2 Å². The molecule has 0 saturated carbocycles. The number of halogens is 1. The molecule has 4 nitrogen and oxygen atoms in total. The fourth-order valence-electron chi connectivity index (χ4n) is 1.85. The van der Waals surface area contributed by atoms with E-state index < -0.39 is 7.12 Å². The molecular formula is C15H15BClNO3S. The van der Waals surface area contributed by atoms with Gasteiger partial charge in [0.05, 0.1) is 0 Å². The van der Waals surface area contributed by atoms with Gasteiger partial charge in [-0.15, -0.1) is 0 Å². The first kappa shape index (κ1) is 16.8. The van der Waals surface area contributed by atoms with Gasteiger partial charge in [0.1, 0.15) is 5.75 Å². The van der Waals surface area contributed by atoms with E-state index in [-0.39, 0.29) is 10.6 Å². The summed E-state index contributed by atoms with van der Waals surface area (Å²) in [5, 5.41) is 21.9. The molecule has 0 atom stereocenters. The Hall–Kier alpha value is -1.60. The number of aryl methyl sites for hydroxylation is 1. The Bertz CT molecular complexity index is 664. The topological polar surface area (TPSA) is 61.7 Å². The van der Waals surface area contributed by atoms with Crippen LogP contribution >= 0.6 is 23.8 Å². The predicted molar refractivity (Wildman–Crippen MR) is 92.5 cm³/mol. The van der Waals surface area contributed by atoms with Gasteiger partial charge in [0.2, 0.25) is 0 Å². The third kappa shape index (κ3) is 4.45. The van der Waals surface area contributed by atoms with Crippen LogP contribution in [0.15, 0.2) is 42.5 Å². The van der Waals surface area contributed by atoms with Gasteiger partial charge in [-0.1, -0.05) is 47.5 Å². The zero-order valence-electron chi connectivity index (χ0n) is 11.9. The van der Waals surface area contributed by atoms with Gasteiger partial charge in [0.25, 0.3) is 5.17 Å². The quantitative estimate of drug-likeness (QED) is 0.587. The standard InChI is InChI=1S/C15H15BClNO3S/c1-10-5-7-12(8-6-10)21-15(22)18-9-11-3-2-4-13(14(11)17)16(19)20/h2-8,19-20H,9H2,1H3,(H,18,22). The minimum atomic E-state index is -1.61. The first-order valence-corrected chi connectivity index (χ1v) is 7.42. The number of hydrogen-bond acceptors (Lipinski definition) is 4. The summed E-state index contributed by atoms with van der Waals surface area (Å²) in [6, 6.07) is 12.6. The molecule has 0 unspecified atom stereocenters. The molecule has 0 radical (unpaired) electrons. The molecule has 2 rings (SSSR count). The summed E-state index contributed by atoms with van der Waals surface area (Å²) in [4.78, 5) is 0. The lowest BCUT2D eigenvalue weighted by molar-refractivity contribution is 0.426. The second-order valence-corrected chi connectivity index (χ2v) is 5.50. The summed E-state index contributed by atoms with van der Waals surface area (Å²) in [6.45, 7) is 2.31. The Balaban J connectivity index is 1.96. The maximum atomic E-state index is 9.22. The fraction of sp³-hybridized carbons (Fsp3) is 0.133. The van der Waals surface area contributed by atoms with Crippen molar-refractivity contribution in [3.63, 3.8) is 0 Å². The minimum absolute atomic E-state index is 0.217. The molecule has 0 heterocycles. The van der Waals surface area contributed by atoms with Crippen LogP contribution in [0.2, 0.25) is 5.02 Å². The Kier molecular flexibility index (Phi) is 5.79. The van der Waals surface area contributed by atoms with Gasteiger partial charge < -0.3 is 20.1 Å². The lowest BCUT2D eigenvalue weighted by Crippen LogP contribution is -2.32. The molecule has 0 fully saturated rings. The van der Waals surface area contributed by atoms with Crippen LogP contribution in [0.5, 0.6) is 5.75 Å². The molecule has 0 amide bonds. The van der Waals surface area contributed by atoms with Gasteiger partial charge >= 0.3 is 7.12 Å². The highest BCUT2D eigenvalue weighted by molar-refractivity contribution is 7.80. The summed E-state index contributed by atoms with van der Waals surface area (Å²) in [5.74, 6) is 0.647. The van der Waals surface area contributed by atoms with Crippen molar-refractivity contribution in [2.75, 3.05) is 0 Å². The fourth-order valence-corrected chi connectivity index (χ4v) is 2.31. The summed E-state index contributed by atoms with van der Waals surface area (Å²) in [6.07, 6.45) is 0. The van der Waals surface area contributed by atoms with Crippen molar-refractivity contribution in [1.82, 2.24) is 5.32 Å². The van der Waals surface area contributed by atoms with Crippen molar-refractivity contribution in [2.24, 2.45) is 0 Å². The summed E-state index contributed by atoms with van der Waals surface area (Å²) >= 11 is 11.2. The van der Waals surface area contributed by atoms with E-state index in [4.69, 9.17) is 28.6 Å². The highest BCUT2D eigenvalue weighted by Crippen LogP contribution is 2.14. The number of rotatable bonds is 4. The van der Waals surface area contributed by atoms with Crippen LogP contribution in [0.1, 0.15) is 11.1 Å². The van der Waals surface area contributed by atoms with Crippen molar-refractivity contribution in [3.05, 3.63) is 58.6 Å². The van der Waals surface area contributed by atoms with E-state index in [1.54, 1.807) is 18.2 Å². The third-order valence-electron chi connectivity index (χ3n) is 3.04. The smallest absolute Gasteiger partial charge is 0.432 e. The normalized spacial score (nSPS) is 10.2. The molecule has 0 bridgehead atoms. The average molecular weight is 336 g/mol.